The standard InChI is InChI=1S/C13H17ClF3N/c1-4-18-12(7-13(15,16)17)10-5-9(3)11(14)6-8(10)2/h5-6,12,18H,4,7H2,1-3H3. The smallest absolute Gasteiger partial charge is 0.310 e. The van der Waals surface area contributed by atoms with E-state index in [1.165, 1.54) is 0 Å². The van der Waals surface area contributed by atoms with Gasteiger partial charge in [0.2, 0.25) is 0 Å². The topological polar surface area (TPSA) is 12.0 Å². The summed E-state index contributed by atoms with van der Waals surface area (Å²) in [6.07, 6.45) is -5.06. The van der Waals surface area contributed by atoms with Crippen LogP contribution in [0.2, 0.25) is 5.02 Å². The van der Waals surface area contributed by atoms with Crippen molar-refractivity contribution < 1.29 is 13.2 Å². The molecule has 18 heavy (non-hydrogen) atoms. The van der Waals surface area contributed by atoms with Crippen LogP contribution in [0, 0.1) is 13.8 Å². The Labute approximate surface area is 110 Å². The quantitative estimate of drug-likeness (QED) is 0.852. The highest BCUT2D eigenvalue weighted by molar-refractivity contribution is 6.31. The predicted molar refractivity (Wildman–Crippen MR) is 68.0 cm³/mol. The first-order chi connectivity index (χ1) is 8.24. The molecule has 5 heteroatoms. The summed E-state index contributed by atoms with van der Waals surface area (Å²) >= 11 is 5.96. The molecule has 102 valence electrons. The van der Waals surface area contributed by atoms with Gasteiger partial charge in [0.1, 0.15) is 0 Å². The largest absolute Gasteiger partial charge is 0.390 e. The summed E-state index contributed by atoms with van der Waals surface area (Å²) in [5, 5.41) is 3.46. The van der Waals surface area contributed by atoms with Gasteiger partial charge >= 0.3 is 6.18 Å². The Balaban J connectivity index is 3.09. The lowest BCUT2D eigenvalue weighted by Gasteiger charge is -2.22. The molecule has 1 nitrogen and oxygen atoms in total. The molecule has 0 radical (unpaired) electrons. The van der Waals surface area contributed by atoms with Crippen LogP contribution in [0.1, 0.15) is 36.1 Å². The zero-order valence-electron chi connectivity index (χ0n) is 10.7. The molecule has 0 amide bonds. The third kappa shape index (κ3) is 4.18. The first-order valence-electron chi connectivity index (χ1n) is 5.81. The van der Waals surface area contributed by atoms with Crippen molar-refractivity contribution in [3.05, 3.63) is 33.8 Å². The van der Waals surface area contributed by atoms with Crippen LogP contribution in [0.25, 0.3) is 0 Å². The van der Waals surface area contributed by atoms with Crippen LogP contribution in [-0.2, 0) is 0 Å². The van der Waals surface area contributed by atoms with Crippen LogP contribution in [0.3, 0.4) is 0 Å². The maximum atomic E-state index is 12.6. The number of benzene rings is 1. The molecular weight excluding hydrogens is 263 g/mol. The summed E-state index contributed by atoms with van der Waals surface area (Å²) in [6.45, 7) is 5.85. The van der Waals surface area contributed by atoms with Crippen molar-refractivity contribution in [3.63, 3.8) is 0 Å². The fraction of sp³-hybridized carbons (Fsp3) is 0.538. The number of aryl methyl sites for hydroxylation is 2. The van der Waals surface area contributed by atoms with E-state index >= 15 is 0 Å². The Bertz CT molecular complexity index is 415. The molecule has 1 atom stereocenters. The molecule has 0 aliphatic heterocycles. The first-order valence-corrected chi connectivity index (χ1v) is 6.19. The maximum absolute atomic E-state index is 12.6. The highest BCUT2D eigenvalue weighted by Crippen LogP contribution is 2.32. The molecule has 0 heterocycles. The van der Waals surface area contributed by atoms with E-state index in [4.69, 9.17) is 11.6 Å². The van der Waals surface area contributed by atoms with Crippen LogP contribution in [0.5, 0.6) is 0 Å². The molecule has 0 spiro atoms. The van der Waals surface area contributed by atoms with Gasteiger partial charge in [-0.25, -0.2) is 0 Å². The third-order valence-electron chi connectivity index (χ3n) is 2.81. The van der Waals surface area contributed by atoms with Crippen molar-refractivity contribution in [1.82, 2.24) is 5.32 Å². The monoisotopic (exact) mass is 279 g/mol. The molecule has 0 bridgehead atoms. The van der Waals surface area contributed by atoms with Gasteiger partial charge in [-0.15, -0.1) is 0 Å². The number of alkyl halides is 3. The highest BCUT2D eigenvalue weighted by atomic mass is 35.5. The lowest BCUT2D eigenvalue weighted by Crippen LogP contribution is -2.27. The normalized spacial score (nSPS) is 13.7. The van der Waals surface area contributed by atoms with Gasteiger partial charge in [0, 0.05) is 11.1 Å². The zero-order chi connectivity index (χ0) is 13.9. The number of rotatable bonds is 4. The molecule has 1 aromatic rings. The number of hydrogen-bond acceptors (Lipinski definition) is 1. The summed E-state index contributed by atoms with van der Waals surface area (Å²) in [4.78, 5) is 0. The van der Waals surface area contributed by atoms with Crippen LogP contribution in [0.15, 0.2) is 12.1 Å². The minimum absolute atomic E-state index is 0.488. The Hall–Kier alpha value is -0.740. The molecule has 1 unspecified atom stereocenters. The fourth-order valence-electron chi connectivity index (χ4n) is 1.95. The SMILES string of the molecule is CCNC(CC(F)(F)F)c1cc(C)c(Cl)cc1C. The molecule has 0 aliphatic rings. The summed E-state index contributed by atoms with van der Waals surface area (Å²) in [7, 11) is 0. The Kier molecular flexibility index (Phi) is 5.05. The second-order valence-corrected chi connectivity index (χ2v) is 4.79. The van der Waals surface area contributed by atoms with Crippen molar-refractivity contribution in [2.75, 3.05) is 6.54 Å². The Morgan fingerprint density at radius 3 is 2.33 bits per heavy atom. The summed E-state index contributed by atoms with van der Waals surface area (Å²) in [6, 6.07) is 2.73. The molecule has 0 aromatic heterocycles. The number of nitrogens with one attached hydrogen (secondary N) is 1. The fourth-order valence-corrected chi connectivity index (χ4v) is 2.17. The average molecular weight is 280 g/mol. The van der Waals surface area contributed by atoms with Crippen molar-refractivity contribution >= 4 is 11.6 Å². The molecule has 0 saturated heterocycles. The first kappa shape index (κ1) is 15.3. The van der Waals surface area contributed by atoms with Crippen LogP contribution in [-0.4, -0.2) is 12.7 Å². The van der Waals surface area contributed by atoms with Crippen molar-refractivity contribution in [1.29, 1.82) is 0 Å². The van der Waals surface area contributed by atoms with Gasteiger partial charge in [0.05, 0.1) is 6.42 Å². The zero-order valence-corrected chi connectivity index (χ0v) is 11.4. The van der Waals surface area contributed by atoms with E-state index in [2.05, 4.69) is 5.32 Å². The predicted octanol–water partition coefficient (Wildman–Crippen LogP) is 4.56. The Morgan fingerprint density at radius 2 is 1.83 bits per heavy atom. The molecule has 0 saturated carbocycles. The van der Waals surface area contributed by atoms with Crippen molar-refractivity contribution in [2.45, 2.75) is 39.4 Å². The van der Waals surface area contributed by atoms with Gasteiger partial charge in [0.15, 0.2) is 0 Å². The van der Waals surface area contributed by atoms with Crippen LogP contribution in [0.4, 0.5) is 13.2 Å². The van der Waals surface area contributed by atoms with E-state index in [0.717, 1.165) is 11.1 Å². The molecule has 1 N–H and O–H groups in total. The van der Waals surface area contributed by atoms with E-state index in [0.29, 0.717) is 17.1 Å². The van der Waals surface area contributed by atoms with E-state index in [1.54, 1.807) is 32.9 Å². The van der Waals surface area contributed by atoms with Crippen molar-refractivity contribution in [3.8, 4) is 0 Å². The van der Waals surface area contributed by atoms with E-state index in [1.807, 2.05) is 0 Å². The molecule has 1 rings (SSSR count). The van der Waals surface area contributed by atoms with Gasteiger partial charge in [-0.05, 0) is 43.1 Å². The second kappa shape index (κ2) is 5.93. The molecule has 1 aromatic carbocycles. The summed E-state index contributed by atoms with van der Waals surface area (Å²) < 4.78 is 37.7. The lowest BCUT2D eigenvalue weighted by atomic mass is 9.96. The second-order valence-electron chi connectivity index (χ2n) is 4.39. The lowest BCUT2D eigenvalue weighted by molar-refractivity contribution is -0.140. The van der Waals surface area contributed by atoms with Gasteiger partial charge in [-0.1, -0.05) is 24.6 Å². The minimum Gasteiger partial charge on any atom is -0.310 e. The molecule has 0 aliphatic carbocycles. The Morgan fingerprint density at radius 1 is 1.22 bits per heavy atom. The third-order valence-corrected chi connectivity index (χ3v) is 3.22. The van der Waals surface area contributed by atoms with Crippen molar-refractivity contribution in [2.24, 2.45) is 0 Å². The number of halogens is 4. The summed E-state index contributed by atoms with van der Waals surface area (Å²) in [5.41, 5.74) is 2.24. The van der Waals surface area contributed by atoms with E-state index in [9.17, 15) is 13.2 Å². The van der Waals surface area contributed by atoms with Crippen LogP contribution >= 0.6 is 11.6 Å². The highest BCUT2D eigenvalue weighted by Gasteiger charge is 2.32. The summed E-state index contributed by atoms with van der Waals surface area (Å²) in [5.74, 6) is 0. The maximum Gasteiger partial charge on any atom is 0.390 e. The van der Waals surface area contributed by atoms with Gasteiger partial charge in [-0.3, -0.25) is 0 Å². The van der Waals surface area contributed by atoms with Crippen LogP contribution < -0.4 is 5.32 Å². The minimum atomic E-state index is -4.19. The molecular formula is C13H17ClF3N. The van der Waals surface area contributed by atoms with E-state index in [-0.39, 0.29) is 0 Å². The molecule has 0 fully saturated rings. The number of hydrogen-bond donors (Lipinski definition) is 1. The van der Waals surface area contributed by atoms with E-state index < -0.39 is 18.6 Å². The average Bonchev–Trinajstić information content (AvgIpc) is 2.21. The van der Waals surface area contributed by atoms with Gasteiger partial charge in [-0.2, -0.15) is 13.2 Å². The van der Waals surface area contributed by atoms with Gasteiger partial charge in [0.25, 0.3) is 0 Å². The van der Waals surface area contributed by atoms with Gasteiger partial charge < -0.3 is 5.32 Å².